The number of nitrogens with zero attached hydrogens (tertiary/aromatic N) is 3. The van der Waals surface area contributed by atoms with E-state index in [9.17, 15) is 0 Å². The Morgan fingerprint density at radius 2 is 2.37 bits per heavy atom. The third-order valence-electron chi connectivity index (χ3n) is 3.92. The molecule has 0 saturated heterocycles. The zero-order chi connectivity index (χ0) is 33.5. The minimum absolute atomic E-state index is 0.485. The molecule has 6 heteroatoms. The van der Waals surface area contributed by atoms with Crippen LogP contribution in [0, 0.1) is 6.57 Å². The predicted molar refractivity (Wildman–Crippen MR) is 117 cm³/mol. The van der Waals surface area contributed by atoms with Crippen LogP contribution in [0.15, 0.2) is 40.8 Å². The lowest BCUT2D eigenvalue weighted by molar-refractivity contribution is 0.244. The van der Waals surface area contributed by atoms with E-state index in [-0.39, 0.29) is 0 Å². The number of rotatable bonds is 7. The minimum Gasteiger partial charge on any atom is -0.502 e. The molecule has 0 aliphatic heterocycles. The SMILES string of the molecule is [2H]c1c([2H])c(-c2noc(-c3c([2H])c([2H])c(OC([2H])(C)C)c([N+]#[C-])c3[2H])n2)c2c(c1[2H])[C@@]([2H])(NCC([2H])([2H])C)C([2H])([2H])C2([2H])[2H]. The Bertz CT molecular complexity index is 1720. The second kappa shape index (κ2) is 8.68. The Labute approximate surface area is 196 Å². The summed E-state index contributed by atoms with van der Waals surface area (Å²) in [6.07, 6.45) is -9.91. The molecule has 3 aromatic rings. The fourth-order valence-corrected chi connectivity index (χ4v) is 2.66. The van der Waals surface area contributed by atoms with E-state index in [0.717, 1.165) is 6.92 Å². The molecule has 0 bridgehead atoms. The standard InChI is InChI=1S/C24H26N4O2/c1-5-13-26-20-11-10-17-18(20)7-6-8-19(17)23-27-24(30-28-23)16-9-12-22(29-15(2)3)21(14-16)25-4/h6-9,12,14-15,20,26H,5,10-11,13H2,1-3H3/t20-/m0/s1/i5D2,6D,7D,8D,9D,10D2,11D2,12D,14D,15D,20D. The van der Waals surface area contributed by atoms with E-state index < -0.39 is 119 Å². The van der Waals surface area contributed by atoms with Crippen molar-refractivity contribution in [2.24, 2.45) is 0 Å². The van der Waals surface area contributed by atoms with E-state index in [0.29, 0.717) is 0 Å². The summed E-state index contributed by atoms with van der Waals surface area (Å²) in [5, 5.41) is 6.10. The highest BCUT2D eigenvalue weighted by atomic mass is 16.5. The molecule has 1 aliphatic carbocycles. The van der Waals surface area contributed by atoms with E-state index >= 15 is 0 Å². The molecule has 0 saturated carbocycles. The van der Waals surface area contributed by atoms with Crippen LogP contribution < -0.4 is 10.1 Å². The third kappa shape index (κ3) is 3.94. The largest absolute Gasteiger partial charge is 0.502 e. The average Bonchev–Trinajstić information content (AvgIpc) is 3.40. The molecular formula is C24H26N4O2. The maximum Gasteiger partial charge on any atom is 0.256 e. The number of hydrogen-bond acceptors (Lipinski definition) is 5. The van der Waals surface area contributed by atoms with Gasteiger partial charge in [-0.2, -0.15) is 4.98 Å². The Hall–Kier alpha value is -3.17. The Morgan fingerprint density at radius 1 is 1.50 bits per heavy atom. The molecular weight excluding hydrogens is 376 g/mol. The highest BCUT2D eigenvalue weighted by molar-refractivity contribution is 5.70. The molecule has 1 N–H and O–H groups in total. The zero-order valence-electron chi connectivity index (χ0n) is 30.4. The summed E-state index contributed by atoms with van der Waals surface area (Å²) >= 11 is 0. The summed E-state index contributed by atoms with van der Waals surface area (Å²) < 4.78 is 128. The first-order valence-electron chi connectivity index (χ1n) is 15.9. The Balaban J connectivity index is 2.01. The van der Waals surface area contributed by atoms with Crippen LogP contribution in [0.5, 0.6) is 5.75 Å². The van der Waals surface area contributed by atoms with Crippen LogP contribution in [0.2, 0.25) is 0 Å². The van der Waals surface area contributed by atoms with Gasteiger partial charge in [0, 0.05) is 26.7 Å². The molecule has 1 aliphatic rings. The lowest BCUT2D eigenvalue weighted by Gasteiger charge is -2.13. The predicted octanol–water partition coefficient (Wildman–Crippen LogP) is 5.73. The fourth-order valence-electron chi connectivity index (χ4n) is 2.66. The van der Waals surface area contributed by atoms with Crippen molar-refractivity contribution >= 4 is 5.69 Å². The summed E-state index contributed by atoms with van der Waals surface area (Å²) in [7, 11) is 0. The monoisotopic (exact) mass is 416 g/mol. The maximum absolute atomic E-state index is 8.97. The van der Waals surface area contributed by atoms with Crippen molar-refractivity contribution in [1.29, 1.82) is 0 Å². The molecule has 1 aromatic heterocycles. The first kappa shape index (κ1) is 9.32. The van der Waals surface area contributed by atoms with Gasteiger partial charge in [0.15, 0.2) is 0 Å². The molecule has 0 amide bonds. The normalized spacial score (nSPS) is 28.6. The molecule has 30 heavy (non-hydrogen) atoms. The summed E-state index contributed by atoms with van der Waals surface area (Å²) in [6, 6.07) is -7.29. The Morgan fingerprint density at radius 3 is 3.13 bits per heavy atom. The average molecular weight is 417 g/mol. The molecule has 0 radical (unpaired) electrons. The molecule has 1 heterocycles. The van der Waals surface area contributed by atoms with Gasteiger partial charge in [-0.15, -0.1) is 0 Å². The van der Waals surface area contributed by atoms with Crippen LogP contribution in [0.4, 0.5) is 5.69 Å². The van der Waals surface area contributed by atoms with Gasteiger partial charge >= 0.3 is 0 Å². The minimum atomic E-state index is -3.18. The van der Waals surface area contributed by atoms with E-state index in [2.05, 4.69) is 20.3 Å². The van der Waals surface area contributed by atoms with Crippen LogP contribution in [0.1, 0.15) is 69.9 Å². The van der Waals surface area contributed by atoms with Gasteiger partial charge in [0.05, 0.1) is 22.2 Å². The van der Waals surface area contributed by atoms with Gasteiger partial charge in [-0.1, -0.05) is 30.2 Å². The molecule has 2 aromatic carbocycles. The summed E-state index contributed by atoms with van der Waals surface area (Å²) in [6.45, 7) is 10.7. The smallest absolute Gasteiger partial charge is 0.256 e. The van der Waals surface area contributed by atoms with Crippen LogP contribution >= 0.6 is 0 Å². The van der Waals surface area contributed by atoms with Gasteiger partial charge in [0.2, 0.25) is 11.5 Å². The lowest BCUT2D eigenvalue weighted by atomic mass is 10.0. The fraction of sp³-hybridized carbons (Fsp3) is 0.375. The van der Waals surface area contributed by atoms with Gasteiger partial charge < -0.3 is 14.6 Å². The highest BCUT2D eigenvalue weighted by Crippen LogP contribution is 2.38. The van der Waals surface area contributed by atoms with Gasteiger partial charge in [0.1, 0.15) is 5.75 Å². The first-order valence-corrected chi connectivity index (χ1v) is 8.87. The van der Waals surface area contributed by atoms with Crippen LogP contribution in [0.3, 0.4) is 0 Å². The van der Waals surface area contributed by atoms with Crippen molar-refractivity contribution in [3.63, 3.8) is 0 Å². The molecule has 6 nitrogen and oxygen atoms in total. The summed E-state index contributed by atoms with van der Waals surface area (Å²) in [5.74, 6) is -1.72. The van der Waals surface area contributed by atoms with Crippen molar-refractivity contribution in [3.8, 4) is 28.6 Å². The molecule has 0 fully saturated rings. The number of hydrogen-bond donors (Lipinski definition) is 1. The van der Waals surface area contributed by atoms with E-state index in [4.69, 9.17) is 35.0 Å². The van der Waals surface area contributed by atoms with Crippen LogP contribution in [0.25, 0.3) is 27.7 Å². The molecule has 1 atom stereocenters. The van der Waals surface area contributed by atoms with Gasteiger partial charge in [-0.25, -0.2) is 4.85 Å². The van der Waals surface area contributed by atoms with E-state index in [1.54, 1.807) is 0 Å². The lowest BCUT2D eigenvalue weighted by Crippen LogP contribution is -2.19. The van der Waals surface area contributed by atoms with Crippen molar-refractivity contribution in [2.75, 3.05) is 6.54 Å². The van der Waals surface area contributed by atoms with Crippen LogP contribution in [-0.2, 0) is 6.37 Å². The number of fused-ring (bicyclic) bond motifs is 1. The molecule has 0 unspecified atom stereocenters. The van der Waals surface area contributed by atoms with Crippen LogP contribution in [-0.4, -0.2) is 22.8 Å². The van der Waals surface area contributed by atoms with Crippen molar-refractivity contribution in [2.45, 2.75) is 52.0 Å². The number of nitrogens with one attached hydrogen (secondary N) is 1. The zero-order valence-corrected chi connectivity index (χ0v) is 16.4. The second-order valence-electron chi connectivity index (χ2n) is 6.31. The van der Waals surface area contributed by atoms with Crippen molar-refractivity contribution in [1.82, 2.24) is 15.5 Å². The number of aromatic nitrogens is 2. The molecule has 154 valence electrons. The summed E-state index contributed by atoms with van der Waals surface area (Å²) in [5.41, 5.74) is -3.00. The highest BCUT2D eigenvalue weighted by Gasteiger charge is 2.26. The second-order valence-corrected chi connectivity index (χ2v) is 6.31. The Kier molecular flexibility index (Phi) is 2.70. The van der Waals surface area contributed by atoms with E-state index in [1.165, 1.54) is 13.8 Å². The quantitative estimate of drug-likeness (QED) is 0.498. The summed E-state index contributed by atoms with van der Waals surface area (Å²) in [4.78, 5) is 7.29. The molecule has 0 spiro atoms. The molecule has 4 rings (SSSR count). The first-order chi connectivity index (χ1) is 19.9. The maximum atomic E-state index is 8.97. The topological polar surface area (TPSA) is 64.5 Å². The van der Waals surface area contributed by atoms with Crippen molar-refractivity contribution in [3.05, 3.63) is 58.8 Å². The van der Waals surface area contributed by atoms with Gasteiger partial charge in [-0.05, 0) is 68.8 Å². The number of benzene rings is 2. The van der Waals surface area contributed by atoms with Crippen molar-refractivity contribution < 1.29 is 28.5 Å². The van der Waals surface area contributed by atoms with E-state index in [1.807, 2.05) is 0 Å². The van der Waals surface area contributed by atoms with Gasteiger partial charge in [0.25, 0.3) is 5.89 Å². The number of ether oxygens (including phenoxy) is 1. The third-order valence-corrected chi connectivity index (χ3v) is 3.92. The van der Waals surface area contributed by atoms with Gasteiger partial charge in [-0.3, -0.25) is 0 Å².